The SMILES string of the molecule is Cc1cccc(-c2cccc(C)[n+]2C)c1C.Cc1cccc(C)c1-c1c(C)ccc[n+]1C.Cc1cccc(C)c1-c1c(C)ccc[n+]1C.[2H]C([2H])([2H])c1cccc(-c2cccc(C)c2C)[n+]1C. The Kier molecular flexibility index (Phi) is 15.0. The summed E-state index contributed by atoms with van der Waals surface area (Å²) in [4.78, 5) is 0. The monoisotopic (exact) mass is 852 g/mol. The predicted octanol–water partition coefficient (Wildman–Crippen LogP) is 12.4. The first-order valence-electron chi connectivity index (χ1n) is 23.8. The first kappa shape index (κ1) is 44.1. The highest BCUT2D eigenvalue weighted by atomic mass is 14.9. The van der Waals surface area contributed by atoms with Crippen molar-refractivity contribution in [3.63, 3.8) is 0 Å². The number of pyridine rings is 4. The summed E-state index contributed by atoms with van der Waals surface area (Å²) in [6, 6.07) is 45.9. The van der Waals surface area contributed by atoms with E-state index in [9.17, 15) is 0 Å². The quantitative estimate of drug-likeness (QED) is 0.157. The molecule has 0 N–H and O–H groups in total. The van der Waals surface area contributed by atoms with Gasteiger partial charge in [-0.05, 0) is 150 Å². The van der Waals surface area contributed by atoms with Crippen molar-refractivity contribution >= 4 is 0 Å². The minimum Gasteiger partial charge on any atom is -0.201 e. The van der Waals surface area contributed by atoms with Crippen LogP contribution in [0.25, 0.3) is 45.0 Å². The zero-order valence-corrected chi connectivity index (χ0v) is 41.1. The molecule has 8 rings (SSSR count). The predicted molar refractivity (Wildman–Crippen MR) is 269 cm³/mol. The van der Waals surface area contributed by atoms with Gasteiger partial charge in [-0.1, -0.05) is 60.7 Å². The van der Waals surface area contributed by atoms with Gasteiger partial charge in [0.1, 0.15) is 28.2 Å². The molecule has 8 aromatic rings. The molecule has 0 amide bonds. The Morgan fingerprint density at radius 3 is 1.02 bits per heavy atom. The minimum atomic E-state index is -2.09. The molecule has 0 aliphatic heterocycles. The van der Waals surface area contributed by atoms with Crippen molar-refractivity contribution in [1.82, 2.24) is 0 Å². The van der Waals surface area contributed by atoms with Crippen LogP contribution in [0.4, 0.5) is 0 Å². The van der Waals surface area contributed by atoms with Crippen molar-refractivity contribution in [2.45, 2.75) is 83.0 Å². The molecule has 0 spiro atoms. The van der Waals surface area contributed by atoms with E-state index < -0.39 is 6.85 Å². The number of nitrogens with zero attached hydrogens (tertiary/aromatic N) is 4. The minimum absolute atomic E-state index is 0.353. The van der Waals surface area contributed by atoms with Gasteiger partial charge in [-0.25, -0.2) is 9.13 Å². The van der Waals surface area contributed by atoms with E-state index >= 15 is 0 Å². The molecule has 4 aromatic heterocycles. The van der Waals surface area contributed by atoms with Gasteiger partial charge in [-0.2, -0.15) is 9.13 Å². The van der Waals surface area contributed by atoms with Crippen LogP contribution < -0.4 is 18.3 Å². The molecule has 4 nitrogen and oxygen atoms in total. The van der Waals surface area contributed by atoms with E-state index in [0.29, 0.717) is 5.69 Å². The van der Waals surface area contributed by atoms with Crippen LogP contribution in [0.1, 0.15) is 71.1 Å². The van der Waals surface area contributed by atoms with E-state index in [0.717, 1.165) is 11.3 Å². The Labute approximate surface area is 390 Å². The zero-order valence-electron chi connectivity index (χ0n) is 44.1. The summed E-state index contributed by atoms with van der Waals surface area (Å²) >= 11 is 0. The van der Waals surface area contributed by atoms with Crippen molar-refractivity contribution < 1.29 is 22.4 Å². The van der Waals surface area contributed by atoms with Gasteiger partial charge < -0.3 is 0 Å². The largest absolute Gasteiger partial charge is 0.215 e. The van der Waals surface area contributed by atoms with Crippen molar-refractivity contribution in [3.8, 4) is 45.0 Å². The number of hydrogen-bond acceptors (Lipinski definition) is 0. The zero-order chi connectivity index (χ0) is 49.3. The fourth-order valence-corrected chi connectivity index (χ4v) is 8.49. The maximum absolute atomic E-state index is 7.58. The molecule has 0 bridgehead atoms. The average molecular weight is 852 g/mol. The van der Waals surface area contributed by atoms with Crippen LogP contribution in [0.3, 0.4) is 0 Å². The molecule has 64 heavy (non-hydrogen) atoms. The Morgan fingerprint density at radius 2 is 0.641 bits per heavy atom. The normalized spacial score (nSPS) is 11.4. The van der Waals surface area contributed by atoms with Crippen LogP contribution in [0, 0.1) is 83.0 Å². The highest BCUT2D eigenvalue weighted by molar-refractivity contribution is 5.69. The van der Waals surface area contributed by atoms with Crippen molar-refractivity contribution in [2.75, 3.05) is 0 Å². The lowest BCUT2D eigenvalue weighted by atomic mass is 9.97. The van der Waals surface area contributed by atoms with Gasteiger partial charge in [0.05, 0.1) is 11.1 Å². The first-order chi connectivity index (χ1) is 31.6. The van der Waals surface area contributed by atoms with E-state index in [1.807, 2.05) is 18.2 Å². The molecular weight excluding hydrogens is 777 g/mol. The Balaban J connectivity index is 0.000000168. The highest BCUT2D eigenvalue weighted by Crippen LogP contribution is 2.28. The molecule has 0 aliphatic carbocycles. The number of rotatable bonds is 4. The molecule has 328 valence electrons. The lowest BCUT2D eigenvalue weighted by Gasteiger charge is -2.09. The highest BCUT2D eigenvalue weighted by Gasteiger charge is 2.19. The molecule has 4 heterocycles. The molecule has 0 saturated carbocycles. The maximum Gasteiger partial charge on any atom is 0.215 e. The summed E-state index contributed by atoms with van der Waals surface area (Å²) in [6.07, 6.45) is 4.21. The second kappa shape index (κ2) is 21.7. The van der Waals surface area contributed by atoms with E-state index in [4.69, 9.17) is 4.11 Å². The summed E-state index contributed by atoms with van der Waals surface area (Å²) in [5.74, 6) is 0. The van der Waals surface area contributed by atoms with Crippen LogP contribution in [0.15, 0.2) is 146 Å². The number of aromatic nitrogens is 4. The Morgan fingerprint density at radius 1 is 0.328 bits per heavy atom. The van der Waals surface area contributed by atoms with Crippen molar-refractivity contribution in [3.05, 3.63) is 213 Å². The third-order valence-corrected chi connectivity index (χ3v) is 12.7. The smallest absolute Gasteiger partial charge is 0.201 e. The first-order valence-corrected chi connectivity index (χ1v) is 22.3. The van der Waals surface area contributed by atoms with Crippen molar-refractivity contribution in [2.24, 2.45) is 28.2 Å². The Bertz CT molecular complexity index is 2690. The lowest BCUT2D eigenvalue weighted by Crippen LogP contribution is -2.34. The molecule has 0 saturated heterocycles. The summed E-state index contributed by atoms with van der Waals surface area (Å²) in [5.41, 5.74) is 24.7. The van der Waals surface area contributed by atoms with Gasteiger partial charge in [0, 0.05) is 76.5 Å². The summed E-state index contributed by atoms with van der Waals surface area (Å²) in [6.45, 7) is 21.5. The average Bonchev–Trinajstić information content (AvgIpc) is 3.26. The van der Waals surface area contributed by atoms with E-state index in [-0.39, 0.29) is 0 Å². The molecular formula is C60H72N4+4. The molecule has 0 fully saturated rings. The number of benzene rings is 4. The maximum atomic E-state index is 7.58. The van der Waals surface area contributed by atoms with Gasteiger partial charge in [-0.15, -0.1) is 0 Å². The van der Waals surface area contributed by atoms with Crippen LogP contribution in [0.2, 0.25) is 0 Å². The second-order valence-electron chi connectivity index (χ2n) is 17.3. The molecule has 0 unspecified atom stereocenters. The number of aryl methyl sites for hydroxylation is 12. The van der Waals surface area contributed by atoms with Crippen LogP contribution in [0.5, 0.6) is 0 Å². The summed E-state index contributed by atoms with van der Waals surface area (Å²) < 4.78 is 31.1. The molecule has 4 aromatic carbocycles. The Hall–Kier alpha value is -6.52. The fourth-order valence-electron chi connectivity index (χ4n) is 8.49. The van der Waals surface area contributed by atoms with Crippen LogP contribution in [-0.4, -0.2) is 0 Å². The van der Waals surface area contributed by atoms with Crippen LogP contribution >= 0.6 is 0 Å². The van der Waals surface area contributed by atoms with Gasteiger partial charge in [0.15, 0.2) is 23.8 Å². The molecule has 4 heteroatoms. The standard InChI is InChI=1S/4C15H18N/c2*1-11-7-5-9-14(13(11)3)15-10-6-8-12(2)16(15)4;2*1-11-7-5-8-12(2)14(11)15-13(3)9-6-10-16(15)4/h4*5-10H,1-4H3/q4*+1/i2D3;;;. The topological polar surface area (TPSA) is 15.5 Å². The van der Waals surface area contributed by atoms with Crippen LogP contribution in [-0.2, 0) is 28.2 Å². The van der Waals surface area contributed by atoms with E-state index in [1.54, 1.807) is 23.7 Å². The molecule has 0 radical (unpaired) electrons. The van der Waals surface area contributed by atoms with E-state index in [2.05, 4.69) is 227 Å². The molecule has 0 atom stereocenters. The summed E-state index contributed by atoms with van der Waals surface area (Å²) in [5, 5.41) is 0. The van der Waals surface area contributed by atoms with Gasteiger partial charge >= 0.3 is 0 Å². The second-order valence-corrected chi connectivity index (χ2v) is 17.3. The molecule has 0 aliphatic rings. The third-order valence-electron chi connectivity index (χ3n) is 12.7. The third kappa shape index (κ3) is 11.2. The van der Waals surface area contributed by atoms with Gasteiger partial charge in [0.2, 0.25) is 22.8 Å². The lowest BCUT2D eigenvalue weighted by molar-refractivity contribution is -0.666. The van der Waals surface area contributed by atoms with Gasteiger partial charge in [-0.3, -0.25) is 0 Å². The summed E-state index contributed by atoms with van der Waals surface area (Å²) in [7, 11) is 8.13. The van der Waals surface area contributed by atoms with Crippen molar-refractivity contribution in [1.29, 1.82) is 0 Å². The fraction of sp³-hybridized carbons (Fsp3) is 0.267. The number of hydrogen-bond donors (Lipinski definition) is 0. The van der Waals surface area contributed by atoms with E-state index in [1.165, 1.54) is 95.1 Å². The van der Waals surface area contributed by atoms with Gasteiger partial charge in [0.25, 0.3) is 0 Å².